The van der Waals surface area contributed by atoms with Crippen molar-refractivity contribution in [2.45, 2.75) is 44.9 Å². The topological polar surface area (TPSA) is 55.8 Å². The summed E-state index contributed by atoms with van der Waals surface area (Å²) in [5.41, 5.74) is 0.178. The number of piperazine rings is 1. The van der Waals surface area contributed by atoms with Gasteiger partial charge in [0, 0.05) is 38.3 Å². The SMILES string of the molecule is CC(C)(C)N1CCN(C(=O)C2CC(O)CN2)CC1. The molecule has 2 fully saturated rings. The van der Waals surface area contributed by atoms with Crippen molar-refractivity contribution in [1.29, 1.82) is 0 Å². The molecule has 104 valence electrons. The van der Waals surface area contributed by atoms with Crippen LogP contribution < -0.4 is 5.32 Å². The first-order chi connectivity index (χ1) is 8.38. The van der Waals surface area contributed by atoms with Gasteiger partial charge in [0.1, 0.15) is 0 Å². The van der Waals surface area contributed by atoms with Crippen LogP contribution in [0.15, 0.2) is 0 Å². The highest BCUT2D eigenvalue weighted by Gasteiger charge is 2.34. The maximum atomic E-state index is 12.2. The third kappa shape index (κ3) is 3.02. The van der Waals surface area contributed by atoms with E-state index in [1.807, 2.05) is 4.90 Å². The van der Waals surface area contributed by atoms with Crippen molar-refractivity contribution in [3.05, 3.63) is 0 Å². The number of aliphatic hydroxyl groups is 1. The van der Waals surface area contributed by atoms with E-state index in [0.717, 1.165) is 26.2 Å². The number of rotatable bonds is 1. The molecule has 0 aromatic rings. The summed E-state index contributed by atoms with van der Waals surface area (Å²) in [6, 6.07) is -0.179. The van der Waals surface area contributed by atoms with E-state index in [2.05, 4.69) is 31.0 Å². The van der Waals surface area contributed by atoms with Crippen LogP contribution in [-0.2, 0) is 4.79 Å². The summed E-state index contributed by atoms with van der Waals surface area (Å²) in [6.45, 7) is 10.6. The van der Waals surface area contributed by atoms with Gasteiger partial charge < -0.3 is 15.3 Å². The molecule has 5 nitrogen and oxygen atoms in total. The van der Waals surface area contributed by atoms with Crippen molar-refractivity contribution in [3.8, 4) is 0 Å². The van der Waals surface area contributed by atoms with Crippen molar-refractivity contribution in [3.63, 3.8) is 0 Å². The van der Waals surface area contributed by atoms with Gasteiger partial charge in [0.15, 0.2) is 0 Å². The number of carbonyl (C=O) groups is 1. The third-order valence-electron chi connectivity index (χ3n) is 3.95. The van der Waals surface area contributed by atoms with Crippen molar-refractivity contribution >= 4 is 5.91 Å². The van der Waals surface area contributed by atoms with Crippen molar-refractivity contribution < 1.29 is 9.90 Å². The first-order valence-corrected chi connectivity index (χ1v) is 6.83. The standard InChI is InChI=1S/C13H25N3O2/c1-13(2,3)16-6-4-15(5-7-16)12(18)11-8-10(17)9-14-11/h10-11,14,17H,4-9H2,1-3H3. The molecule has 0 saturated carbocycles. The molecule has 2 atom stereocenters. The Balaban J connectivity index is 1.84. The highest BCUT2D eigenvalue weighted by atomic mass is 16.3. The molecule has 18 heavy (non-hydrogen) atoms. The van der Waals surface area contributed by atoms with E-state index in [1.54, 1.807) is 0 Å². The number of hydrogen-bond acceptors (Lipinski definition) is 4. The zero-order chi connectivity index (χ0) is 13.3. The molecule has 2 unspecified atom stereocenters. The van der Waals surface area contributed by atoms with Crippen LogP contribution in [0.5, 0.6) is 0 Å². The van der Waals surface area contributed by atoms with Crippen molar-refractivity contribution in [2.24, 2.45) is 0 Å². The number of carbonyl (C=O) groups excluding carboxylic acids is 1. The number of aliphatic hydroxyl groups excluding tert-OH is 1. The lowest BCUT2D eigenvalue weighted by atomic mass is 10.0. The lowest BCUT2D eigenvalue weighted by molar-refractivity contribution is -0.135. The van der Waals surface area contributed by atoms with E-state index in [9.17, 15) is 9.90 Å². The Kier molecular flexibility index (Phi) is 3.94. The zero-order valence-electron chi connectivity index (χ0n) is 11.6. The Bertz CT molecular complexity index is 306. The summed E-state index contributed by atoms with van der Waals surface area (Å²) in [7, 11) is 0. The Morgan fingerprint density at radius 2 is 1.83 bits per heavy atom. The van der Waals surface area contributed by atoms with Crippen LogP contribution in [0.1, 0.15) is 27.2 Å². The van der Waals surface area contributed by atoms with E-state index in [0.29, 0.717) is 13.0 Å². The molecule has 0 aliphatic carbocycles. The average Bonchev–Trinajstić information content (AvgIpc) is 2.74. The first-order valence-electron chi connectivity index (χ1n) is 6.83. The maximum Gasteiger partial charge on any atom is 0.239 e. The minimum atomic E-state index is -0.366. The minimum Gasteiger partial charge on any atom is -0.392 e. The summed E-state index contributed by atoms with van der Waals surface area (Å²) in [5.74, 6) is 0.153. The number of β-amino-alcohol motifs (C(OH)–C–C–N with tert-alkyl or cyclic N) is 1. The fourth-order valence-corrected chi connectivity index (χ4v) is 2.72. The molecule has 5 heteroatoms. The van der Waals surface area contributed by atoms with E-state index >= 15 is 0 Å². The summed E-state index contributed by atoms with van der Waals surface area (Å²) in [5, 5.41) is 12.5. The quantitative estimate of drug-likeness (QED) is 0.672. The first kappa shape index (κ1) is 13.8. The Hall–Kier alpha value is -0.650. The molecule has 2 rings (SSSR count). The zero-order valence-corrected chi connectivity index (χ0v) is 11.6. The number of amides is 1. The second-order valence-electron chi connectivity index (χ2n) is 6.33. The smallest absolute Gasteiger partial charge is 0.239 e. The van der Waals surface area contributed by atoms with Crippen molar-refractivity contribution in [1.82, 2.24) is 15.1 Å². The van der Waals surface area contributed by atoms with Crippen LogP contribution in [0.25, 0.3) is 0 Å². The van der Waals surface area contributed by atoms with Gasteiger partial charge in [-0.3, -0.25) is 9.69 Å². The van der Waals surface area contributed by atoms with Gasteiger partial charge in [-0.1, -0.05) is 0 Å². The summed E-state index contributed by atoms with van der Waals surface area (Å²) < 4.78 is 0. The van der Waals surface area contributed by atoms with Gasteiger partial charge in [0.25, 0.3) is 0 Å². The van der Waals surface area contributed by atoms with E-state index < -0.39 is 0 Å². The second kappa shape index (κ2) is 5.15. The van der Waals surface area contributed by atoms with Gasteiger partial charge in [-0.05, 0) is 27.2 Å². The molecule has 0 spiro atoms. The predicted octanol–water partition coefficient (Wildman–Crippen LogP) is -0.348. The number of nitrogens with one attached hydrogen (secondary N) is 1. The molecule has 0 bridgehead atoms. The lowest BCUT2D eigenvalue weighted by Gasteiger charge is -2.42. The molecule has 0 radical (unpaired) electrons. The van der Waals surface area contributed by atoms with E-state index in [1.165, 1.54) is 0 Å². The third-order valence-corrected chi connectivity index (χ3v) is 3.95. The molecule has 2 N–H and O–H groups in total. The highest BCUT2D eigenvalue weighted by Crippen LogP contribution is 2.17. The number of nitrogens with zero attached hydrogens (tertiary/aromatic N) is 2. The second-order valence-corrected chi connectivity index (χ2v) is 6.33. The maximum absolute atomic E-state index is 12.2. The van der Waals surface area contributed by atoms with Crippen LogP contribution in [0.2, 0.25) is 0 Å². The van der Waals surface area contributed by atoms with Crippen LogP contribution >= 0.6 is 0 Å². The average molecular weight is 255 g/mol. The van der Waals surface area contributed by atoms with E-state index in [-0.39, 0.29) is 23.6 Å². The molecule has 1 amide bonds. The van der Waals surface area contributed by atoms with Crippen LogP contribution in [0.3, 0.4) is 0 Å². The minimum absolute atomic E-state index is 0.153. The van der Waals surface area contributed by atoms with Crippen molar-refractivity contribution in [2.75, 3.05) is 32.7 Å². The van der Waals surface area contributed by atoms with Crippen LogP contribution in [0, 0.1) is 0 Å². The van der Waals surface area contributed by atoms with Gasteiger partial charge in [0.05, 0.1) is 12.1 Å². The van der Waals surface area contributed by atoms with Gasteiger partial charge in [0.2, 0.25) is 5.91 Å². The molecule has 0 aromatic heterocycles. The largest absolute Gasteiger partial charge is 0.392 e. The molecule has 2 saturated heterocycles. The van der Waals surface area contributed by atoms with Gasteiger partial charge >= 0.3 is 0 Å². The fourth-order valence-electron chi connectivity index (χ4n) is 2.72. The molecule has 2 aliphatic heterocycles. The van der Waals surface area contributed by atoms with Gasteiger partial charge in [-0.15, -0.1) is 0 Å². The Labute approximate surface area is 109 Å². The molecular formula is C13H25N3O2. The molecule has 0 aromatic carbocycles. The Morgan fingerprint density at radius 3 is 2.28 bits per heavy atom. The predicted molar refractivity (Wildman–Crippen MR) is 70.3 cm³/mol. The molecule has 2 aliphatic rings. The Morgan fingerprint density at radius 1 is 1.22 bits per heavy atom. The summed E-state index contributed by atoms with van der Waals surface area (Å²) in [6.07, 6.45) is 0.188. The lowest BCUT2D eigenvalue weighted by Crippen LogP contribution is -2.57. The normalized spacial score (nSPS) is 30.8. The molecular weight excluding hydrogens is 230 g/mol. The van der Waals surface area contributed by atoms with E-state index in [4.69, 9.17) is 0 Å². The summed E-state index contributed by atoms with van der Waals surface area (Å²) in [4.78, 5) is 16.6. The highest BCUT2D eigenvalue weighted by molar-refractivity contribution is 5.82. The van der Waals surface area contributed by atoms with Gasteiger partial charge in [-0.2, -0.15) is 0 Å². The summed E-state index contributed by atoms with van der Waals surface area (Å²) >= 11 is 0. The monoisotopic (exact) mass is 255 g/mol. The van der Waals surface area contributed by atoms with Gasteiger partial charge in [-0.25, -0.2) is 0 Å². The number of hydrogen-bond donors (Lipinski definition) is 2. The van der Waals surface area contributed by atoms with Crippen LogP contribution in [-0.4, -0.2) is 71.2 Å². The van der Waals surface area contributed by atoms with Crippen LogP contribution in [0.4, 0.5) is 0 Å². The fraction of sp³-hybridized carbons (Fsp3) is 0.923. The molecule has 2 heterocycles.